The van der Waals surface area contributed by atoms with Gasteiger partial charge in [-0.15, -0.1) is 0 Å². The molecule has 0 saturated carbocycles. The lowest BCUT2D eigenvalue weighted by molar-refractivity contribution is 0.619. The summed E-state index contributed by atoms with van der Waals surface area (Å²) in [5, 5.41) is 9.78. The van der Waals surface area contributed by atoms with Crippen molar-refractivity contribution in [2.75, 3.05) is 0 Å². The van der Waals surface area contributed by atoms with Gasteiger partial charge < -0.3 is 4.42 Å². The highest BCUT2D eigenvalue weighted by Crippen LogP contribution is 2.25. The van der Waals surface area contributed by atoms with E-state index < -0.39 is 0 Å². The molecule has 0 atom stereocenters. The first-order valence-electron chi connectivity index (χ1n) is 6.37. The maximum absolute atomic E-state index is 12.2. The van der Waals surface area contributed by atoms with Gasteiger partial charge in [-0.05, 0) is 29.8 Å². The van der Waals surface area contributed by atoms with Crippen LogP contribution in [0.1, 0.15) is 5.56 Å². The van der Waals surface area contributed by atoms with E-state index in [1.807, 2.05) is 6.07 Å². The smallest absolute Gasteiger partial charge is 0.193 e. The van der Waals surface area contributed by atoms with Gasteiger partial charge in [0.1, 0.15) is 11.3 Å². The summed E-state index contributed by atoms with van der Waals surface area (Å²) >= 11 is 5.96. The van der Waals surface area contributed by atoms with Gasteiger partial charge in [0.05, 0.1) is 17.9 Å². The van der Waals surface area contributed by atoms with Crippen molar-refractivity contribution in [1.82, 2.24) is 0 Å². The highest BCUT2D eigenvalue weighted by atomic mass is 35.5. The molecule has 4 heteroatoms. The van der Waals surface area contributed by atoms with Crippen LogP contribution in [0.15, 0.2) is 57.7 Å². The Kier molecular flexibility index (Phi) is 3.47. The Morgan fingerprint density at radius 1 is 1.14 bits per heavy atom. The topological polar surface area (TPSA) is 54.0 Å². The predicted octanol–water partition coefficient (Wildman–Crippen LogP) is 4.18. The van der Waals surface area contributed by atoms with Gasteiger partial charge in [0, 0.05) is 16.7 Å². The zero-order chi connectivity index (χ0) is 14.8. The van der Waals surface area contributed by atoms with E-state index in [0.717, 1.165) is 11.1 Å². The Hall–Kier alpha value is -2.57. The van der Waals surface area contributed by atoms with Gasteiger partial charge in [0.25, 0.3) is 0 Å². The van der Waals surface area contributed by atoms with Gasteiger partial charge in [0.15, 0.2) is 5.43 Å². The van der Waals surface area contributed by atoms with Gasteiger partial charge >= 0.3 is 0 Å². The molecular formula is C17H10ClNO2. The van der Waals surface area contributed by atoms with Crippen LogP contribution in [0.4, 0.5) is 0 Å². The number of fused-ring (bicyclic) bond motifs is 1. The monoisotopic (exact) mass is 295 g/mol. The minimum absolute atomic E-state index is 0.133. The van der Waals surface area contributed by atoms with Crippen molar-refractivity contribution in [3.05, 3.63) is 69.3 Å². The molecule has 0 saturated heterocycles. The predicted molar refractivity (Wildman–Crippen MR) is 82.2 cm³/mol. The van der Waals surface area contributed by atoms with Crippen molar-refractivity contribution < 1.29 is 4.42 Å². The van der Waals surface area contributed by atoms with Crippen LogP contribution < -0.4 is 5.43 Å². The molecule has 0 unspecified atom stereocenters. The Bertz CT molecular complexity index is 922. The number of nitriles is 1. The molecule has 3 rings (SSSR count). The lowest BCUT2D eigenvalue weighted by atomic mass is 10.1. The Morgan fingerprint density at radius 2 is 2.00 bits per heavy atom. The van der Waals surface area contributed by atoms with Crippen LogP contribution in [0.3, 0.4) is 0 Å². The lowest BCUT2D eigenvalue weighted by Gasteiger charge is -2.04. The van der Waals surface area contributed by atoms with E-state index in [1.165, 1.54) is 6.07 Å². The van der Waals surface area contributed by atoms with Crippen LogP contribution in [0.25, 0.3) is 22.3 Å². The zero-order valence-corrected chi connectivity index (χ0v) is 11.7. The fourth-order valence-corrected chi connectivity index (χ4v) is 2.38. The number of halogens is 1. The van der Waals surface area contributed by atoms with Crippen LogP contribution in [-0.2, 0) is 6.42 Å². The van der Waals surface area contributed by atoms with Crippen molar-refractivity contribution in [3.8, 4) is 17.4 Å². The van der Waals surface area contributed by atoms with Crippen molar-refractivity contribution >= 4 is 22.6 Å². The van der Waals surface area contributed by atoms with Gasteiger partial charge in [0.2, 0.25) is 0 Å². The molecule has 2 aromatic carbocycles. The van der Waals surface area contributed by atoms with Crippen LogP contribution in [-0.4, -0.2) is 0 Å². The van der Waals surface area contributed by atoms with Crippen molar-refractivity contribution in [2.24, 2.45) is 0 Å². The normalized spacial score (nSPS) is 10.5. The van der Waals surface area contributed by atoms with E-state index in [4.69, 9.17) is 21.3 Å². The van der Waals surface area contributed by atoms with Crippen molar-refractivity contribution in [2.45, 2.75) is 6.42 Å². The highest BCUT2D eigenvalue weighted by Gasteiger charge is 2.08. The Morgan fingerprint density at radius 3 is 2.76 bits per heavy atom. The standard InChI is InChI=1S/C17H10ClNO2/c18-13-3-1-2-12(9-13)17-10-15(20)14-8-11(6-7-19)4-5-16(14)21-17/h1-5,8-10H,6H2. The molecule has 21 heavy (non-hydrogen) atoms. The summed E-state index contributed by atoms with van der Waals surface area (Å²) in [5.41, 5.74) is 1.92. The molecule has 102 valence electrons. The van der Waals surface area contributed by atoms with Crippen LogP contribution in [0, 0.1) is 11.3 Å². The molecule has 0 fully saturated rings. The fraction of sp³-hybridized carbons (Fsp3) is 0.0588. The second-order valence-electron chi connectivity index (χ2n) is 4.65. The summed E-state index contributed by atoms with van der Waals surface area (Å²) in [4.78, 5) is 12.2. The maximum Gasteiger partial charge on any atom is 0.193 e. The molecule has 0 radical (unpaired) electrons. The number of hydrogen-bond donors (Lipinski definition) is 0. The molecule has 0 aliphatic rings. The van der Waals surface area contributed by atoms with Gasteiger partial charge in [-0.2, -0.15) is 5.26 Å². The van der Waals surface area contributed by atoms with E-state index in [1.54, 1.807) is 36.4 Å². The number of rotatable bonds is 2. The molecule has 0 aliphatic heterocycles. The molecule has 0 bridgehead atoms. The molecule has 0 spiro atoms. The first-order chi connectivity index (χ1) is 10.2. The van der Waals surface area contributed by atoms with Crippen molar-refractivity contribution in [3.63, 3.8) is 0 Å². The van der Waals surface area contributed by atoms with Crippen molar-refractivity contribution in [1.29, 1.82) is 5.26 Å². The average molecular weight is 296 g/mol. The minimum atomic E-state index is -0.133. The first kappa shape index (κ1) is 13.4. The molecule has 1 heterocycles. The summed E-state index contributed by atoms with van der Waals surface area (Å²) in [6.45, 7) is 0. The zero-order valence-electron chi connectivity index (χ0n) is 11.0. The van der Waals surface area contributed by atoms with Gasteiger partial charge in [-0.3, -0.25) is 4.79 Å². The number of nitrogens with zero attached hydrogens (tertiary/aromatic N) is 1. The van der Waals surface area contributed by atoms with Crippen LogP contribution in [0.5, 0.6) is 0 Å². The molecule has 0 amide bonds. The number of hydrogen-bond acceptors (Lipinski definition) is 3. The van der Waals surface area contributed by atoms with Gasteiger partial charge in [-0.25, -0.2) is 0 Å². The summed E-state index contributed by atoms with van der Waals surface area (Å²) in [6, 6.07) is 15.9. The molecule has 3 nitrogen and oxygen atoms in total. The molecule has 0 N–H and O–H groups in total. The summed E-state index contributed by atoms with van der Waals surface area (Å²) in [6.07, 6.45) is 0.269. The van der Waals surface area contributed by atoms with Crippen LogP contribution in [0.2, 0.25) is 5.02 Å². The van der Waals surface area contributed by atoms with Gasteiger partial charge in [-0.1, -0.05) is 29.8 Å². The molecular weight excluding hydrogens is 286 g/mol. The van der Waals surface area contributed by atoms with E-state index in [0.29, 0.717) is 21.8 Å². The SMILES string of the molecule is N#CCc1ccc2oc(-c3cccc(Cl)c3)cc(=O)c2c1. The Labute approximate surface area is 126 Å². The second kappa shape index (κ2) is 5.43. The summed E-state index contributed by atoms with van der Waals surface area (Å²) in [7, 11) is 0. The third-order valence-electron chi connectivity index (χ3n) is 3.18. The second-order valence-corrected chi connectivity index (χ2v) is 5.09. The minimum Gasteiger partial charge on any atom is -0.456 e. The van der Waals surface area contributed by atoms with E-state index >= 15 is 0 Å². The largest absolute Gasteiger partial charge is 0.456 e. The van der Waals surface area contributed by atoms with E-state index in [9.17, 15) is 4.79 Å². The molecule has 3 aromatic rings. The first-order valence-corrected chi connectivity index (χ1v) is 6.75. The fourth-order valence-electron chi connectivity index (χ4n) is 2.19. The average Bonchev–Trinajstić information content (AvgIpc) is 2.48. The molecule has 0 aliphatic carbocycles. The summed E-state index contributed by atoms with van der Waals surface area (Å²) in [5.74, 6) is 0.475. The Balaban J connectivity index is 2.18. The third-order valence-corrected chi connectivity index (χ3v) is 3.42. The highest BCUT2D eigenvalue weighted by molar-refractivity contribution is 6.30. The maximum atomic E-state index is 12.2. The summed E-state index contributed by atoms with van der Waals surface area (Å²) < 4.78 is 5.78. The van der Waals surface area contributed by atoms with E-state index in [-0.39, 0.29) is 11.8 Å². The van der Waals surface area contributed by atoms with E-state index in [2.05, 4.69) is 6.07 Å². The molecule has 1 aromatic heterocycles. The van der Waals surface area contributed by atoms with Crippen LogP contribution >= 0.6 is 11.6 Å². The quantitative estimate of drug-likeness (QED) is 0.712. The third kappa shape index (κ3) is 2.67. The number of benzene rings is 2. The lowest BCUT2D eigenvalue weighted by Crippen LogP contribution is -2.01.